The van der Waals surface area contributed by atoms with Crippen molar-refractivity contribution < 1.29 is 24.2 Å². The van der Waals surface area contributed by atoms with E-state index in [-0.39, 0.29) is 13.3 Å². The first-order valence-electron chi connectivity index (χ1n) is 6.02. The van der Waals surface area contributed by atoms with Crippen molar-refractivity contribution in [3.63, 3.8) is 0 Å². The van der Waals surface area contributed by atoms with Crippen molar-refractivity contribution in [1.82, 2.24) is 5.32 Å². The van der Waals surface area contributed by atoms with Crippen LogP contribution in [-0.2, 0) is 16.1 Å². The van der Waals surface area contributed by atoms with E-state index in [0.717, 1.165) is 5.56 Å². The van der Waals surface area contributed by atoms with Gasteiger partial charge in [0.1, 0.15) is 5.41 Å². The molecule has 1 aromatic rings. The van der Waals surface area contributed by atoms with E-state index in [1.807, 2.05) is 6.07 Å². The molecule has 3 rings (SSSR count). The Morgan fingerprint density at radius 1 is 1.26 bits per heavy atom. The highest BCUT2D eigenvalue weighted by Gasteiger charge is 2.56. The number of fused-ring (bicyclic) bond motifs is 1. The summed E-state index contributed by atoms with van der Waals surface area (Å²) in [6, 6.07) is 5.37. The number of carbonyl (C=O) groups is 2. The highest BCUT2D eigenvalue weighted by atomic mass is 16.7. The zero-order valence-electron chi connectivity index (χ0n) is 10.1. The average Bonchev–Trinajstić information content (AvgIpc) is 3.09. The lowest BCUT2D eigenvalue weighted by Crippen LogP contribution is -2.36. The predicted molar refractivity (Wildman–Crippen MR) is 63.7 cm³/mol. The Balaban J connectivity index is 1.64. The molecule has 2 aliphatic rings. The maximum Gasteiger partial charge on any atom is 0.319 e. The van der Waals surface area contributed by atoms with Crippen LogP contribution < -0.4 is 14.8 Å². The summed E-state index contributed by atoms with van der Waals surface area (Å²) in [5.41, 5.74) is -0.352. The lowest BCUT2D eigenvalue weighted by molar-refractivity contribution is -0.149. The molecule has 2 N–H and O–H groups in total. The molecule has 1 fully saturated rings. The van der Waals surface area contributed by atoms with E-state index in [0.29, 0.717) is 24.3 Å². The number of carbonyl (C=O) groups excluding carboxylic acids is 1. The summed E-state index contributed by atoms with van der Waals surface area (Å²) in [4.78, 5) is 22.8. The van der Waals surface area contributed by atoms with Crippen LogP contribution in [0.1, 0.15) is 18.4 Å². The van der Waals surface area contributed by atoms with Crippen LogP contribution in [-0.4, -0.2) is 23.8 Å². The molecule has 1 aliphatic carbocycles. The van der Waals surface area contributed by atoms with E-state index in [1.165, 1.54) is 0 Å². The topological polar surface area (TPSA) is 84.9 Å². The number of benzene rings is 1. The first-order valence-corrected chi connectivity index (χ1v) is 6.02. The normalized spacial score (nSPS) is 17.9. The van der Waals surface area contributed by atoms with Gasteiger partial charge in [0.05, 0.1) is 0 Å². The molecule has 0 aromatic heterocycles. The van der Waals surface area contributed by atoms with Gasteiger partial charge in [0, 0.05) is 6.54 Å². The summed E-state index contributed by atoms with van der Waals surface area (Å²) in [5.74, 6) is -0.140. The van der Waals surface area contributed by atoms with Crippen molar-refractivity contribution in [1.29, 1.82) is 0 Å². The predicted octanol–water partition coefficient (Wildman–Crippen LogP) is 0.896. The number of nitrogens with one attached hydrogen (secondary N) is 1. The minimum absolute atomic E-state index is 0.202. The third kappa shape index (κ3) is 1.99. The molecule has 0 bridgehead atoms. The highest BCUT2D eigenvalue weighted by molar-refractivity contribution is 6.04. The Bertz CT molecular complexity index is 550. The molecule has 1 amide bonds. The molecule has 0 radical (unpaired) electrons. The molecule has 1 aromatic carbocycles. The summed E-state index contributed by atoms with van der Waals surface area (Å²) < 4.78 is 10.4. The molecule has 100 valence electrons. The van der Waals surface area contributed by atoms with Crippen molar-refractivity contribution in [2.75, 3.05) is 6.79 Å². The van der Waals surface area contributed by atoms with Crippen molar-refractivity contribution in [2.45, 2.75) is 19.4 Å². The van der Waals surface area contributed by atoms with Gasteiger partial charge in [-0.25, -0.2) is 0 Å². The number of amides is 1. The SMILES string of the molecule is O=C(O)C1(C(=O)NCc2ccc3c(c2)OCO3)CC1. The molecule has 19 heavy (non-hydrogen) atoms. The second kappa shape index (κ2) is 4.15. The molecule has 6 nitrogen and oxygen atoms in total. The maximum atomic E-state index is 11.8. The molecule has 0 atom stereocenters. The smallest absolute Gasteiger partial charge is 0.319 e. The number of hydrogen-bond donors (Lipinski definition) is 2. The minimum Gasteiger partial charge on any atom is -0.480 e. The number of ether oxygens (including phenoxy) is 2. The molecule has 1 saturated carbocycles. The largest absolute Gasteiger partial charge is 0.480 e. The fourth-order valence-corrected chi connectivity index (χ4v) is 2.07. The van der Waals surface area contributed by atoms with Crippen LogP contribution in [0.25, 0.3) is 0 Å². The molecular weight excluding hydrogens is 250 g/mol. The lowest BCUT2D eigenvalue weighted by atomic mass is 10.1. The Kier molecular flexibility index (Phi) is 2.58. The van der Waals surface area contributed by atoms with Gasteiger partial charge < -0.3 is 19.9 Å². The summed E-state index contributed by atoms with van der Waals surface area (Å²) >= 11 is 0. The number of carboxylic acid groups (broad SMARTS) is 1. The minimum atomic E-state index is -1.20. The Labute approximate surface area is 109 Å². The van der Waals surface area contributed by atoms with Crippen molar-refractivity contribution >= 4 is 11.9 Å². The summed E-state index contributed by atoms with van der Waals surface area (Å²) in [6.45, 7) is 0.484. The van der Waals surface area contributed by atoms with Gasteiger partial charge >= 0.3 is 5.97 Å². The zero-order valence-corrected chi connectivity index (χ0v) is 10.1. The molecule has 0 spiro atoms. The zero-order chi connectivity index (χ0) is 13.5. The molecular formula is C13H13NO5. The maximum absolute atomic E-state index is 11.8. The van der Waals surface area contributed by atoms with E-state index < -0.39 is 17.3 Å². The monoisotopic (exact) mass is 263 g/mol. The molecule has 0 saturated heterocycles. The first-order chi connectivity index (χ1) is 9.12. The number of rotatable bonds is 4. The van der Waals surface area contributed by atoms with E-state index >= 15 is 0 Å². The lowest BCUT2D eigenvalue weighted by Gasteiger charge is -2.11. The van der Waals surface area contributed by atoms with E-state index in [2.05, 4.69) is 5.32 Å². The molecule has 6 heteroatoms. The molecule has 1 aliphatic heterocycles. The van der Waals surface area contributed by atoms with Crippen LogP contribution >= 0.6 is 0 Å². The Morgan fingerprint density at radius 2 is 2.00 bits per heavy atom. The van der Waals surface area contributed by atoms with Crippen molar-refractivity contribution in [3.05, 3.63) is 23.8 Å². The number of aliphatic carboxylic acids is 1. The number of carboxylic acids is 1. The third-order valence-electron chi connectivity index (χ3n) is 3.48. The van der Waals surface area contributed by atoms with Crippen LogP contribution in [0.4, 0.5) is 0 Å². The van der Waals surface area contributed by atoms with Crippen molar-refractivity contribution in [2.24, 2.45) is 5.41 Å². The van der Waals surface area contributed by atoms with Crippen LogP contribution in [0.3, 0.4) is 0 Å². The fourth-order valence-electron chi connectivity index (χ4n) is 2.07. The number of hydrogen-bond acceptors (Lipinski definition) is 4. The highest BCUT2D eigenvalue weighted by Crippen LogP contribution is 2.46. The third-order valence-corrected chi connectivity index (χ3v) is 3.48. The van der Waals surface area contributed by atoms with E-state index in [1.54, 1.807) is 12.1 Å². The van der Waals surface area contributed by atoms with Crippen molar-refractivity contribution in [3.8, 4) is 11.5 Å². The fraction of sp³-hybridized carbons (Fsp3) is 0.385. The second-order valence-electron chi connectivity index (χ2n) is 4.76. The van der Waals surface area contributed by atoms with E-state index in [9.17, 15) is 9.59 Å². The first kappa shape index (κ1) is 11.8. The molecule has 0 unspecified atom stereocenters. The van der Waals surface area contributed by atoms with Crippen LogP contribution in [0.15, 0.2) is 18.2 Å². The summed E-state index contributed by atoms with van der Waals surface area (Å²) in [5, 5.41) is 11.7. The van der Waals surface area contributed by atoms with Gasteiger partial charge in [0.2, 0.25) is 12.7 Å². The van der Waals surface area contributed by atoms with Gasteiger partial charge in [-0.1, -0.05) is 6.07 Å². The standard InChI is InChI=1S/C13H13NO5/c15-11(13(3-4-13)12(16)17)14-6-8-1-2-9-10(5-8)19-7-18-9/h1-2,5H,3-4,6-7H2,(H,14,15)(H,16,17). The van der Waals surface area contributed by atoms with Gasteiger partial charge in [-0.15, -0.1) is 0 Å². The van der Waals surface area contributed by atoms with E-state index in [4.69, 9.17) is 14.6 Å². The van der Waals surface area contributed by atoms with Crippen LogP contribution in [0, 0.1) is 5.41 Å². The second-order valence-corrected chi connectivity index (χ2v) is 4.76. The van der Waals surface area contributed by atoms with Crippen LogP contribution in [0.5, 0.6) is 11.5 Å². The molecule has 1 heterocycles. The quantitative estimate of drug-likeness (QED) is 0.788. The Morgan fingerprint density at radius 3 is 2.68 bits per heavy atom. The van der Waals surface area contributed by atoms with Gasteiger partial charge in [-0.2, -0.15) is 0 Å². The van der Waals surface area contributed by atoms with Crippen LogP contribution in [0.2, 0.25) is 0 Å². The summed E-state index contributed by atoms with van der Waals surface area (Å²) in [7, 11) is 0. The Hall–Kier alpha value is -2.24. The van der Waals surface area contributed by atoms with Gasteiger partial charge in [-0.3, -0.25) is 9.59 Å². The van der Waals surface area contributed by atoms with Gasteiger partial charge in [0.15, 0.2) is 11.5 Å². The van der Waals surface area contributed by atoms with Gasteiger partial charge in [-0.05, 0) is 30.5 Å². The summed E-state index contributed by atoms with van der Waals surface area (Å²) in [6.07, 6.45) is 0.824. The van der Waals surface area contributed by atoms with Gasteiger partial charge in [0.25, 0.3) is 0 Å². The average molecular weight is 263 g/mol.